The zero-order chi connectivity index (χ0) is 81.3. The van der Waals surface area contributed by atoms with Crippen LogP contribution in [0, 0.1) is 31.6 Å². The van der Waals surface area contributed by atoms with E-state index in [4.69, 9.17) is 62.7 Å². The Kier molecular flexibility index (Phi) is 29.1. The van der Waals surface area contributed by atoms with E-state index in [1.54, 1.807) is 81.7 Å². The summed E-state index contributed by atoms with van der Waals surface area (Å²) in [6.07, 6.45) is 1.42. The molecule has 38 nitrogen and oxygen atoms in total. The van der Waals surface area contributed by atoms with Gasteiger partial charge in [-0.25, -0.2) is 49.8 Å². The number of aryl methyl sites for hydroxylation is 2. The van der Waals surface area contributed by atoms with Gasteiger partial charge in [-0.2, -0.15) is 0 Å². The Morgan fingerprint density at radius 1 is 0.591 bits per heavy atom. The number of benzene rings is 2. The monoisotopic (exact) mass is 1710 g/mol. The second-order valence-corrected chi connectivity index (χ2v) is 41.2. The fourth-order valence-corrected chi connectivity index (χ4v) is 18.3. The smallest absolute Gasteiger partial charge is 0.407 e. The number of aromatic nitrogens is 16. The van der Waals surface area contributed by atoms with Gasteiger partial charge in [-0.3, -0.25) is 37.4 Å². The lowest BCUT2D eigenvalue weighted by Crippen LogP contribution is -2.48. The average molecular weight is 1710 g/mol. The maximum atomic E-state index is 12.8. The zero-order valence-corrected chi connectivity index (χ0v) is 69.5. The molecule has 2 amide bonds. The molecule has 4 saturated heterocycles. The molecule has 8 N–H and O–H groups in total. The van der Waals surface area contributed by atoms with Crippen LogP contribution in [-0.4, -0.2) is 213 Å². The third kappa shape index (κ3) is 19.5. The van der Waals surface area contributed by atoms with Gasteiger partial charge in [-0.15, -0.1) is 18.8 Å². The van der Waals surface area contributed by atoms with Gasteiger partial charge in [-0.1, -0.05) is 99.7 Å². The van der Waals surface area contributed by atoms with Gasteiger partial charge in [0.15, 0.2) is 102 Å². The molecule has 4 aliphatic heterocycles. The molecule has 115 heavy (non-hydrogen) atoms. The molecule has 0 bridgehead atoms. The highest BCUT2D eigenvalue weighted by Crippen LogP contribution is 2.53. The number of aliphatic hydroxyl groups is 2. The van der Waals surface area contributed by atoms with Crippen LogP contribution in [0.2, 0.25) is 18.1 Å². The molecular weight excluding hydrogens is 1610 g/mol. The molecule has 14 rings (SSSR count). The number of aromatic amines is 2. The van der Waals surface area contributed by atoms with E-state index in [0.717, 1.165) is 6.42 Å². The van der Waals surface area contributed by atoms with E-state index in [-0.39, 0.29) is 115 Å². The molecule has 0 aliphatic carbocycles. The molecule has 620 valence electrons. The molecule has 44 heteroatoms. The van der Waals surface area contributed by atoms with Crippen molar-refractivity contribution in [3.8, 4) is 0 Å². The first-order valence-electron chi connectivity index (χ1n) is 36.1. The van der Waals surface area contributed by atoms with Crippen LogP contribution in [-0.2, 0) is 66.9 Å². The van der Waals surface area contributed by atoms with E-state index in [1.165, 1.54) is 40.8 Å². The summed E-state index contributed by atoms with van der Waals surface area (Å²) in [7, 11) is -8.68. The zero-order valence-electron chi connectivity index (χ0n) is 64.1. The maximum Gasteiger partial charge on any atom is 0.695 e. The van der Waals surface area contributed by atoms with E-state index in [9.17, 15) is 43.4 Å². The molecule has 19 atom stereocenters. The van der Waals surface area contributed by atoms with Crippen molar-refractivity contribution in [2.24, 2.45) is 17.8 Å². The van der Waals surface area contributed by atoms with Crippen LogP contribution in [0.5, 0.6) is 0 Å². The van der Waals surface area contributed by atoms with E-state index >= 15 is 0 Å². The number of nitrogens with one attached hydrogen (secondary N) is 4. The SMILES string of the molecule is C.C.CC[C@H]1O[C@@H](n2cnc3c(NC(=O)c4ccccc4)ncnc32)[C@@H](O[Si](C)(C)C(C)(C)C)C1OP(C)C.Cc1nc2c(ncn2[C@@H]2O[C@H](CO)C(C)[C@@H]2O[P+](=O)O)c(=O)[nH]1.Cc1nc2c(ncn2[C@@H]2O[C@H](COP(C)(=S)OC3[C@@H](CO)O[C@@H](n4cnc5c(NC(=O)c6ccccc6)ncnc54)[C@H]3C)C(C)[C@@H]2O[P+](=O)O)c(=O)[nH]1. The van der Waals surface area contributed by atoms with Crippen molar-refractivity contribution in [1.82, 2.24) is 78.1 Å². The number of hydrogen-bond acceptors (Lipinski definition) is 29. The highest BCUT2D eigenvalue weighted by Gasteiger charge is 2.54. The van der Waals surface area contributed by atoms with Gasteiger partial charge in [0, 0.05) is 52.8 Å². The molecule has 2 aromatic carbocycles. The number of rotatable bonds is 24. The van der Waals surface area contributed by atoms with Gasteiger partial charge < -0.3 is 67.8 Å². The van der Waals surface area contributed by atoms with E-state index in [2.05, 4.69) is 125 Å². The Labute approximate surface area is 670 Å². The van der Waals surface area contributed by atoms with Crippen LogP contribution in [0.1, 0.15) is 127 Å². The lowest BCUT2D eigenvalue weighted by molar-refractivity contribution is -0.0475. The number of nitrogens with zero attached hydrogens (tertiary/aromatic N) is 14. The third-order valence-electron chi connectivity index (χ3n) is 20.3. The van der Waals surface area contributed by atoms with E-state index < -0.39 is 112 Å². The summed E-state index contributed by atoms with van der Waals surface area (Å²) in [6, 6.07) is 17.7. The van der Waals surface area contributed by atoms with E-state index in [0.29, 0.717) is 50.9 Å². The molecule has 4 aliphatic rings. The minimum Gasteiger partial charge on any atom is -0.407 e. The molecule has 0 spiro atoms. The van der Waals surface area contributed by atoms with Crippen molar-refractivity contribution < 1.29 is 84.7 Å². The first kappa shape index (κ1) is 89.5. The first-order chi connectivity index (χ1) is 53.7. The number of aliphatic hydroxyl groups excluding tert-OH is 2. The molecular formula is C71H98N18O20P4SSi+2. The molecule has 0 saturated carbocycles. The predicted molar refractivity (Wildman–Crippen MR) is 432 cm³/mol. The normalized spacial score (nSPS) is 25.6. The predicted octanol–water partition coefficient (Wildman–Crippen LogP) is 10.0. The highest BCUT2D eigenvalue weighted by atomic mass is 32.5. The molecule has 12 heterocycles. The van der Waals surface area contributed by atoms with Crippen molar-refractivity contribution in [2.45, 2.75) is 182 Å². The fourth-order valence-electron chi connectivity index (χ4n) is 13.5. The van der Waals surface area contributed by atoms with Gasteiger partial charge >= 0.3 is 16.5 Å². The number of carbonyl (C=O) groups is 2. The number of hydrogen-bond donors (Lipinski definition) is 8. The van der Waals surface area contributed by atoms with Gasteiger partial charge in [0.1, 0.15) is 54.9 Å². The van der Waals surface area contributed by atoms with Gasteiger partial charge in [0.25, 0.3) is 22.9 Å². The second kappa shape index (κ2) is 37.4. The minimum absolute atomic E-state index is 0. The van der Waals surface area contributed by atoms with Gasteiger partial charge in [-0.05, 0) is 87.8 Å². The van der Waals surface area contributed by atoms with Crippen LogP contribution >= 0.6 is 31.1 Å². The first-order valence-corrected chi connectivity index (χ1v) is 46.5. The third-order valence-corrected chi connectivity index (χ3v) is 28.1. The molecule has 7 unspecified atom stereocenters. The summed E-state index contributed by atoms with van der Waals surface area (Å²) >= 11 is 5.83. The topological polar surface area (TPSA) is 480 Å². The van der Waals surface area contributed by atoms with E-state index in [1.807, 2.05) is 35.8 Å². The quantitative estimate of drug-likeness (QED) is 0.0206. The highest BCUT2D eigenvalue weighted by molar-refractivity contribution is 8.09. The number of carbonyl (C=O) groups excluding carboxylic acids is 2. The Morgan fingerprint density at radius 3 is 1.43 bits per heavy atom. The van der Waals surface area contributed by atoms with Crippen molar-refractivity contribution in [1.29, 1.82) is 0 Å². The lowest BCUT2D eigenvalue weighted by Gasteiger charge is -2.40. The Balaban J connectivity index is 0.000000196. The van der Waals surface area contributed by atoms with Crippen LogP contribution in [0.15, 0.2) is 108 Å². The number of imidazole rings is 4. The molecule has 0 radical (unpaired) electrons. The van der Waals surface area contributed by atoms with Crippen molar-refractivity contribution in [3.05, 3.63) is 142 Å². The maximum absolute atomic E-state index is 12.8. The fraction of sp³-hybridized carbons (Fsp3) is 0.521. The van der Waals surface area contributed by atoms with Crippen LogP contribution < -0.4 is 21.8 Å². The lowest BCUT2D eigenvalue weighted by atomic mass is 10.0. The average Bonchev–Trinajstić information content (AvgIpc) is 1.51. The Hall–Kier alpha value is -7.88. The summed E-state index contributed by atoms with van der Waals surface area (Å²) < 4.78 is 90.9. The second-order valence-electron chi connectivity index (χ2n) is 29.3. The van der Waals surface area contributed by atoms with Crippen molar-refractivity contribution >= 4 is 119 Å². The van der Waals surface area contributed by atoms with Crippen LogP contribution in [0.3, 0.4) is 0 Å². The number of amides is 2. The minimum atomic E-state index is -3.05. The number of H-pyrrole nitrogens is 2. The van der Waals surface area contributed by atoms with Crippen molar-refractivity contribution in [2.75, 3.05) is 50.4 Å². The van der Waals surface area contributed by atoms with Crippen LogP contribution in [0.4, 0.5) is 11.6 Å². The van der Waals surface area contributed by atoms with Crippen LogP contribution in [0.25, 0.3) is 44.7 Å². The van der Waals surface area contributed by atoms with Gasteiger partial charge in [0.2, 0.25) is 0 Å². The molecule has 8 aromatic heterocycles. The number of fused-ring (bicyclic) bond motifs is 4. The number of anilines is 2. The Bertz CT molecular complexity index is 5270. The van der Waals surface area contributed by atoms with Crippen molar-refractivity contribution in [3.63, 3.8) is 0 Å². The summed E-state index contributed by atoms with van der Waals surface area (Å²) in [4.78, 5) is 117. The summed E-state index contributed by atoms with van der Waals surface area (Å²) in [5.74, 6) is -0.487. The summed E-state index contributed by atoms with van der Waals surface area (Å²) in [5.41, 5.74) is 2.68. The molecule has 10 aromatic rings. The number of ether oxygens (including phenoxy) is 4. The standard InChI is InChI=1S/C31H35N9O10P2S.C26H38N5O4PSi.C12H15N4O6P.2CH4/c1-15-20(48-31(24(15)49-51(44)45)40-14-35-22-27(40)36-17(3)37-29(22)43)11-46-52(4,53)50-23-16(2)30(47-19(23)10-41)39-13-34-21-25(32-12-33-26(21)39)38-28(42)18-8-6-5-7-9-18;1-9-18-20(34-36(5)6)21(35-37(7,8)26(2,3)4)25(33-18)31-16-29-19-22(27-15-28-23(19)31)30-24(32)17-13-11-10-12-14-17;1-5-7(3-17)21-12(9(5)22-23(19)20)16-4-13-8-10(16)14-6(2)15-11(8)18;;/h5-9,12-16,19-20,23-24,30-31,41H,10-11H2,1-4H3,(H2-,32,33,36,37,38,42,43,44,45);10-16,18,20-21,25H,9H2,1-8H3,(H,27,28,30,32);4-5,7,9,12,17H,3H2,1-2H3,(H-,14,15,18,19,20);2*1H4/p+2/t15?,16-,19+,20+,23?,24-,30+,31+,52?;18-,20?,21+,25-;5?,7-,9+,12-;;/m011../s1. The summed E-state index contributed by atoms with van der Waals surface area (Å²) in [6.45, 7) is 24.0. The molecule has 4 fully saturated rings. The van der Waals surface area contributed by atoms with Gasteiger partial charge in [0.05, 0.1) is 63.4 Å². The summed E-state index contributed by atoms with van der Waals surface area (Å²) in [5, 5.41) is 25.4. The Morgan fingerprint density at radius 2 is 1.00 bits per heavy atom. The largest absolute Gasteiger partial charge is 0.695 e.